The number of halogens is 1. The van der Waals surface area contributed by atoms with Gasteiger partial charge in [-0.1, -0.05) is 18.2 Å². The average Bonchev–Trinajstić information content (AvgIpc) is 2.53. The topological polar surface area (TPSA) is 48.4 Å². The van der Waals surface area contributed by atoms with Gasteiger partial charge in [0.05, 0.1) is 19.8 Å². The molecule has 0 fully saturated rings. The molecule has 0 aliphatic heterocycles. The van der Waals surface area contributed by atoms with E-state index in [1.165, 1.54) is 7.11 Å². The first kappa shape index (κ1) is 15.3. The van der Waals surface area contributed by atoms with E-state index in [-0.39, 0.29) is 0 Å². The van der Waals surface area contributed by atoms with Crippen molar-refractivity contribution in [1.82, 2.24) is 4.98 Å². The van der Waals surface area contributed by atoms with Gasteiger partial charge in [0.1, 0.15) is 10.4 Å². The Morgan fingerprint density at radius 2 is 1.90 bits per heavy atom. The van der Waals surface area contributed by atoms with Crippen molar-refractivity contribution in [2.45, 2.75) is 0 Å². The van der Waals surface area contributed by atoms with Crippen LogP contribution in [0.25, 0.3) is 12.2 Å². The summed E-state index contributed by atoms with van der Waals surface area (Å²) in [6, 6.07) is 9.04. The van der Waals surface area contributed by atoms with E-state index >= 15 is 0 Å². The molecule has 5 heteroatoms. The summed E-state index contributed by atoms with van der Waals surface area (Å²) in [6.45, 7) is 0. The van der Waals surface area contributed by atoms with Crippen LogP contribution in [0.5, 0.6) is 5.75 Å². The second-order valence-corrected chi connectivity index (χ2v) is 5.05. The Kier molecular flexibility index (Phi) is 5.11. The van der Waals surface area contributed by atoms with Crippen LogP contribution in [-0.4, -0.2) is 25.2 Å². The minimum atomic E-state index is -0.395. The lowest BCUT2D eigenvalue weighted by atomic mass is 10.1. The van der Waals surface area contributed by atoms with Crippen molar-refractivity contribution in [2.75, 3.05) is 14.2 Å². The molecule has 0 atom stereocenters. The predicted molar refractivity (Wildman–Crippen MR) is 85.2 cm³/mol. The van der Waals surface area contributed by atoms with Crippen molar-refractivity contribution < 1.29 is 14.3 Å². The lowest BCUT2D eigenvalue weighted by Crippen LogP contribution is -2.02. The number of carbonyl (C=O) groups is 1. The molecular formula is C16H14BrNO3. The number of pyridine rings is 1. The summed E-state index contributed by atoms with van der Waals surface area (Å²) >= 11 is 3.29. The van der Waals surface area contributed by atoms with Crippen LogP contribution >= 0.6 is 15.9 Å². The summed E-state index contributed by atoms with van der Waals surface area (Å²) in [7, 11) is 2.91. The molecule has 1 aromatic heterocycles. The van der Waals surface area contributed by atoms with Gasteiger partial charge < -0.3 is 9.47 Å². The molecule has 0 unspecified atom stereocenters. The van der Waals surface area contributed by atoms with Crippen molar-refractivity contribution in [3.05, 3.63) is 57.8 Å². The van der Waals surface area contributed by atoms with Gasteiger partial charge in [-0.05, 0) is 51.3 Å². The fraction of sp³-hybridized carbons (Fsp3) is 0.125. The first-order valence-corrected chi connectivity index (χ1v) is 6.98. The highest BCUT2D eigenvalue weighted by atomic mass is 79.9. The highest BCUT2D eigenvalue weighted by molar-refractivity contribution is 9.10. The summed E-state index contributed by atoms with van der Waals surface area (Å²) in [4.78, 5) is 15.8. The number of esters is 1. The number of ether oxygens (including phenoxy) is 2. The smallest absolute Gasteiger partial charge is 0.338 e. The summed E-state index contributed by atoms with van der Waals surface area (Å²) in [6.07, 6.45) is 5.55. The number of benzene rings is 1. The van der Waals surface area contributed by atoms with E-state index in [9.17, 15) is 4.79 Å². The molecule has 0 spiro atoms. The Balaban J connectivity index is 2.30. The van der Waals surface area contributed by atoms with Gasteiger partial charge in [-0.15, -0.1) is 0 Å². The van der Waals surface area contributed by atoms with Gasteiger partial charge in [0.15, 0.2) is 0 Å². The Bertz CT molecular complexity index is 666. The molecule has 0 saturated carbocycles. The molecule has 4 nitrogen and oxygen atoms in total. The normalized spacial score (nSPS) is 10.6. The van der Waals surface area contributed by atoms with E-state index in [4.69, 9.17) is 9.47 Å². The minimum Gasteiger partial charge on any atom is -0.497 e. The van der Waals surface area contributed by atoms with E-state index < -0.39 is 5.97 Å². The Hall–Kier alpha value is -2.14. The van der Waals surface area contributed by atoms with Crippen molar-refractivity contribution >= 4 is 34.1 Å². The first-order valence-electron chi connectivity index (χ1n) is 6.19. The Morgan fingerprint density at radius 3 is 2.52 bits per heavy atom. The third-order valence-electron chi connectivity index (χ3n) is 2.80. The molecule has 0 saturated heterocycles. The second kappa shape index (κ2) is 7.04. The van der Waals surface area contributed by atoms with Crippen molar-refractivity contribution in [3.63, 3.8) is 0 Å². The maximum absolute atomic E-state index is 11.6. The van der Waals surface area contributed by atoms with E-state index in [0.717, 1.165) is 15.7 Å². The van der Waals surface area contributed by atoms with Crippen molar-refractivity contribution in [2.24, 2.45) is 0 Å². The van der Waals surface area contributed by atoms with Crippen LogP contribution in [0.1, 0.15) is 21.5 Å². The number of hydrogen-bond donors (Lipinski definition) is 0. The van der Waals surface area contributed by atoms with Crippen molar-refractivity contribution in [3.8, 4) is 5.75 Å². The summed E-state index contributed by atoms with van der Waals surface area (Å²) < 4.78 is 10.7. The fourth-order valence-electron chi connectivity index (χ4n) is 1.75. The van der Waals surface area contributed by atoms with Gasteiger partial charge >= 0.3 is 5.97 Å². The molecule has 0 aliphatic rings. The van der Waals surface area contributed by atoms with Gasteiger partial charge in [-0.25, -0.2) is 9.78 Å². The van der Waals surface area contributed by atoms with Crippen LogP contribution in [0.3, 0.4) is 0 Å². The molecule has 2 aromatic rings. The lowest BCUT2D eigenvalue weighted by molar-refractivity contribution is 0.0600. The number of methoxy groups -OCH3 is 2. The van der Waals surface area contributed by atoms with Crippen molar-refractivity contribution in [1.29, 1.82) is 0 Å². The minimum absolute atomic E-state index is 0.395. The van der Waals surface area contributed by atoms with Crippen LogP contribution in [-0.2, 0) is 4.74 Å². The number of carbonyl (C=O) groups excluding carboxylic acids is 1. The molecule has 0 amide bonds. The molecule has 0 radical (unpaired) electrons. The summed E-state index contributed by atoms with van der Waals surface area (Å²) in [5, 5.41) is 0. The zero-order valence-electron chi connectivity index (χ0n) is 11.7. The maximum atomic E-state index is 11.6. The highest BCUT2D eigenvalue weighted by Crippen LogP contribution is 2.20. The van der Waals surface area contributed by atoms with E-state index in [1.54, 1.807) is 25.4 Å². The Morgan fingerprint density at radius 1 is 1.14 bits per heavy atom. The van der Waals surface area contributed by atoms with Gasteiger partial charge in [0, 0.05) is 6.20 Å². The molecule has 0 bridgehead atoms. The standard InChI is InChI=1S/C16H14BrNO3/c1-20-14-8-12(7-13(9-14)16(19)21-2)4-3-11-5-6-15(17)18-10-11/h3-10H,1-2H3/b4-3+. The lowest BCUT2D eigenvalue weighted by Gasteiger charge is -2.05. The molecule has 2 rings (SSSR count). The third kappa shape index (κ3) is 4.16. The molecule has 108 valence electrons. The number of rotatable bonds is 4. The van der Waals surface area contributed by atoms with Crippen LogP contribution in [0.4, 0.5) is 0 Å². The summed E-state index contributed by atoms with van der Waals surface area (Å²) in [5.74, 6) is 0.209. The molecule has 1 aromatic carbocycles. The second-order valence-electron chi connectivity index (χ2n) is 4.23. The highest BCUT2D eigenvalue weighted by Gasteiger charge is 2.08. The van der Waals surface area contributed by atoms with Gasteiger partial charge in [0.25, 0.3) is 0 Å². The summed E-state index contributed by atoms with van der Waals surface area (Å²) in [5.41, 5.74) is 2.25. The van der Waals surface area contributed by atoms with Crippen LogP contribution < -0.4 is 4.74 Å². The zero-order chi connectivity index (χ0) is 15.2. The zero-order valence-corrected chi connectivity index (χ0v) is 13.3. The first-order chi connectivity index (χ1) is 10.1. The predicted octanol–water partition coefficient (Wildman–Crippen LogP) is 3.81. The average molecular weight is 348 g/mol. The monoisotopic (exact) mass is 347 g/mol. The van der Waals surface area contributed by atoms with Crippen LogP contribution in [0, 0.1) is 0 Å². The largest absolute Gasteiger partial charge is 0.497 e. The SMILES string of the molecule is COC(=O)c1cc(/C=C/c2ccc(Br)nc2)cc(OC)c1. The quantitative estimate of drug-likeness (QED) is 0.623. The van der Waals surface area contributed by atoms with Gasteiger partial charge in [-0.3, -0.25) is 0 Å². The van der Waals surface area contributed by atoms with Gasteiger partial charge in [0.2, 0.25) is 0 Å². The molecular weight excluding hydrogens is 334 g/mol. The van der Waals surface area contributed by atoms with Crippen LogP contribution in [0.15, 0.2) is 41.1 Å². The number of hydrogen-bond acceptors (Lipinski definition) is 4. The van der Waals surface area contributed by atoms with Crippen LogP contribution in [0.2, 0.25) is 0 Å². The maximum Gasteiger partial charge on any atom is 0.338 e. The third-order valence-corrected chi connectivity index (χ3v) is 3.27. The molecule has 0 N–H and O–H groups in total. The molecule has 21 heavy (non-hydrogen) atoms. The Labute approximate surface area is 131 Å². The number of aromatic nitrogens is 1. The molecule has 0 aliphatic carbocycles. The van der Waals surface area contributed by atoms with E-state index in [2.05, 4.69) is 20.9 Å². The van der Waals surface area contributed by atoms with E-state index in [1.807, 2.05) is 30.4 Å². The van der Waals surface area contributed by atoms with E-state index in [0.29, 0.717) is 11.3 Å². The molecule has 1 heterocycles. The van der Waals surface area contributed by atoms with Gasteiger partial charge in [-0.2, -0.15) is 0 Å². The number of nitrogens with zero attached hydrogens (tertiary/aromatic N) is 1. The fourth-order valence-corrected chi connectivity index (χ4v) is 1.98.